The van der Waals surface area contributed by atoms with Crippen molar-refractivity contribution in [2.45, 2.75) is 19.5 Å². The Morgan fingerprint density at radius 3 is 2.55 bits per heavy atom. The molecule has 0 aromatic heterocycles. The first kappa shape index (κ1) is 15.8. The van der Waals surface area contributed by atoms with E-state index in [4.69, 9.17) is 10.4 Å². The lowest BCUT2D eigenvalue weighted by Gasteiger charge is -2.25. The van der Waals surface area contributed by atoms with Gasteiger partial charge in [-0.15, -0.1) is 0 Å². The van der Waals surface area contributed by atoms with Gasteiger partial charge in [-0.1, -0.05) is 0 Å². The van der Waals surface area contributed by atoms with Gasteiger partial charge in [-0.2, -0.15) is 18.4 Å². The summed E-state index contributed by atoms with van der Waals surface area (Å²) in [4.78, 5) is 12.2. The predicted octanol–water partition coefficient (Wildman–Crippen LogP) is 3.14. The zero-order chi connectivity index (χ0) is 15.3. The molecule has 20 heavy (non-hydrogen) atoms. The third-order valence-corrected chi connectivity index (χ3v) is 2.76. The van der Waals surface area contributed by atoms with Crippen LogP contribution < -0.4 is 4.90 Å². The molecule has 0 fully saturated rings. The van der Waals surface area contributed by atoms with E-state index >= 15 is 0 Å². The molecule has 0 aliphatic carbocycles. The van der Waals surface area contributed by atoms with Gasteiger partial charge in [0.1, 0.15) is 0 Å². The third kappa shape index (κ3) is 3.63. The van der Waals surface area contributed by atoms with E-state index in [-0.39, 0.29) is 25.2 Å². The van der Waals surface area contributed by atoms with Gasteiger partial charge in [-0.05, 0) is 25.1 Å². The summed E-state index contributed by atoms with van der Waals surface area (Å²) in [6.07, 6.45) is -4.56. The number of rotatable bonds is 5. The fourth-order valence-corrected chi connectivity index (χ4v) is 1.81. The third-order valence-electron chi connectivity index (χ3n) is 2.76. The minimum atomic E-state index is -4.65. The van der Waals surface area contributed by atoms with Gasteiger partial charge < -0.3 is 10.0 Å². The lowest BCUT2D eigenvalue weighted by atomic mass is 10.1. The van der Waals surface area contributed by atoms with Crippen LogP contribution in [0.1, 0.15) is 29.3 Å². The van der Waals surface area contributed by atoms with Crippen LogP contribution >= 0.6 is 0 Å². The van der Waals surface area contributed by atoms with Crippen LogP contribution in [-0.4, -0.2) is 24.2 Å². The van der Waals surface area contributed by atoms with Crippen molar-refractivity contribution in [3.8, 4) is 6.07 Å². The molecule has 0 amide bonds. The van der Waals surface area contributed by atoms with E-state index in [1.165, 1.54) is 4.90 Å². The number of nitrogens with zero attached hydrogens (tertiary/aromatic N) is 2. The Labute approximate surface area is 114 Å². The lowest BCUT2D eigenvalue weighted by Crippen LogP contribution is -2.27. The molecule has 0 unspecified atom stereocenters. The smallest absolute Gasteiger partial charge is 0.418 e. The number of hydrogen-bond acceptors (Lipinski definition) is 3. The zero-order valence-corrected chi connectivity index (χ0v) is 10.7. The molecule has 0 bridgehead atoms. The summed E-state index contributed by atoms with van der Waals surface area (Å²) in [7, 11) is 0. The van der Waals surface area contributed by atoms with Crippen molar-refractivity contribution in [3.05, 3.63) is 29.3 Å². The van der Waals surface area contributed by atoms with Gasteiger partial charge in [0.15, 0.2) is 0 Å². The number of alkyl halides is 3. The quantitative estimate of drug-likeness (QED) is 0.903. The molecule has 7 heteroatoms. The van der Waals surface area contributed by atoms with Crippen molar-refractivity contribution < 1.29 is 23.1 Å². The lowest BCUT2D eigenvalue weighted by molar-refractivity contribution is -0.137. The second-order valence-electron chi connectivity index (χ2n) is 4.02. The molecular weight excluding hydrogens is 273 g/mol. The van der Waals surface area contributed by atoms with Crippen molar-refractivity contribution in [2.24, 2.45) is 0 Å². The van der Waals surface area contributed by atoms with Crippen LogP contribution in [0.15, 0.2) is 18.2 Å². The van der Waals surface area contributed by atoms with Crippen molar-refractivity contribution in [3.63, 3.8) is 0 Å². The number of aromatic carboxylic acids is 1. The fourth-order valence-electron chi connectivity index (χ4n) is 1.81. The number of carboxylic acid groups (broad SMARTS) is 1. The molecule has 0 atom stereocenters. The molecule has 0 saturated heterocycles. The summed E-state index contributed by atoms with van der Waals surface area (Å²) in [6.45, 7) is 2.11. The number of carboxylic acids is 1. The maximum Gasteiger partial charge on any atom is 0.418 e. The van der Waals surface area contributed by atoms with Crippen LogP contribution in [0.5, 0.6) is 0 Å². The van der Waals surface area contributed by atoms with E-state index in [9.17, 15) is 18.0 Å². The van der Waals surface area contributed by atoms with Crippen LogP contribution in [0, 0.1) is 11.3 Å². The molecule has 0 heterocycles. The molecule has 1 aromatic carbocycles. The van der Waals surface area contributed by atoms with Gasteiger partial charge >= 0.3 is 12.1 Å². The first-order chi connectivity index (χ1) is 9.31. The van der Waals surface area contributed by atoms with E-state index in [0.29, 0.717) is 6.07 Å². The van der Waals surface area contributed by atoms with Crippen LogP contribution in [0.3, 0.4) is 0 Å². The Hall–Kier alpha value is -2.23. The summed E-state index contributed by atoms with van der Waals surface area (Å²) >= 11 is 0. The summed E-state index contributed by atoms with van der Waals surface area (Å²) in [5.41, 5.74) is -1.53. The zero-order valence-electron chi connectivity index (χ0n) is 10.7. The van der Waals surface area contributed by atoms with Crippen molar-refractivity contribution in [1.29, 1.82) is 5.26 Å². The Bertz CT molecular complexity index is 535. The van der Waals surface area contributed by atoms with Crippen molar-refractivity contribution >= 4 is 11.7 Å². The molecule has 4 nitrogen and oxygen atoms in total. The van der Waals surface area contributed by atoms with E-state index in [0.717, 1.165) is 12.1 Å². The molecule has 108 valence electrons. The van der Waals surface area contributed by atoms with E-state index in [1.807, 2.05) is 6.07 Å². The first-order valence-electron chi connectivity index (χ1n) is 5.87. The summed E-state index contributed by atoms with van der Waals surface area (Å²) in [5.74, 6) is -1.41. The predicted molar refractivity (Wildman–Crippen MR) is 66.5 cm³/mol. The van der Waals surface area contributed by atoms with Crippen LogP contribution in [0.4, 0.5) is 18.9 Å². The highest BCUT2D eigenvalue weighted by molar-refractivity contribution is 5.88. The second kappa shape index (κ2) is 6.28. The molecule has 1 N–H and O–H groups in total. The number of carbonyl (C=O) groups is 1. The maximum atomic E-state index is 13.0. The molecule has 0 aliphatic rings. The Kier molecular flexibility index (Phi) is 4.97. The van der Waals surface area contributed by atoms with Gasteiger partial charge in [0.2, 0.25) is 0 Å². The SMILES string of the molecule is CCN(CCC#N)c1ccc(C(=O)O)cc1C(F)(F)F. The maximum absolute atomic E-state index is 13.0. The standard InChI is InChI=1S/C13H13F3N2O2/c1-2-18(7-3-6-17)11-5-4-9(12(19)20)8-10(11)13(14,15)16/h4-5,8H,2-3,7H2,1H3,(H,19,20). The minimum absolute atomic E-state index is 0.0891. The van der Waals surface area contributed by atoms with E-state index in [1.54, 1.807) is 6.92 Å². The highest BCUT2D eigenvalue weighted by Crippen LogP contribution is 2.37. The van der Waals surface area contributed by atoms with Crippen LogP contribution in [0.2, 0.25) is 0 Å². The monoisotopic (exact) mass is 286 g/mol. The van der Waals surface area contributed by atoms with Crippen molar-refractivity contribution in [2.75, 3.05) is 18.0 Å². The van der Waals surface area contributed by atoms with Crippen LogP contribution in [0.25, 0.3) is 0 Å². The Morgan fingerprint density at radius 1 is 1.45 bits per heavy atom. The molecule has 0 radical (unpaired) electrons. The Morgan fingerprint density at radius 2 is 2.10 bits per heavy atom. The number of benzene rings is 1. The highest BCUT2D eigenvalue weighted by atomic mass is 19.4. The summed E-state index contributed by atoms with van der Waals surface area (Å²) in [6, 6.07) is 4.75. The van der Waals surface area contributed by atoms with Gasteiger partial charge in [0, 0.05) is 18.8 Å². The largest absolute Gasteiger partial charge is 0.478 e. The molecule has 1 rings (SSSR count). The van der Waals surface area contributed by atoms with E-state index in [2.05, 4.69) is 0 Å². The number of halogens is 3. The number of hydrogen-bond donors (Lipinski definition) is 1. The Balaban J connectivity index is 3.31. The average Bonchev–Trinajstić information content (AvgIpc) is 2.38. The van der Waals surface area contributed by atoms with E-state index < -0.39 is 23.3 Å². The average molecular weight is 286 g/mol. The minimum Gasteiger partial charge on any atom is -0.478 e. The number of nitriles is 1. The summed E-state index contributed by atoms with van der Waals surface area (Å²) in [5, 5.41) is 17.3. The normalized spacial score (nSPS) is 10.9. The van der Waals surface area contributed by atoms with Gasteiger partial charge in [0.05, 0.1) is 23.6 Å². The molecule has 0 saturated carbocycles. The summed E-state index contributed by atoms with van der Waals surface area (Å²) < 4.78 is 39.1. The second-order valence-corrected chi connectivity index (χ2v) is 4.02. The van der Waals surface area contributed by atoms with Gasteiger partial charge in [-0.3, -0.25) is 0 Å². The number of anilines is 1. The molecule has 1 aromatic rings. The molecular formula is C13H13F3N2O2. The highest BCUT2D eigenvalue weighted by Gasteiger charge is 2.35. The van der Waals surface area contributed by atoms with Crippen molar-refractivity contribution in [1.82, 2.24) is 0 Å². The molecule has 0 spiro atoms. The van der Waals surface area contributed by atoms with Crippen LogP contribution in [-0.2, 0) is 6.18 Å². The first-order valence-corrected chi connectivity index (χ1v) is 5.87. The topological polar surface area (TPSA) is 64.3 Å². The molecule has 0 aliphatic heterocycles. The van der Waals surface area contributed by atoms with Gasteiger partial charge in [0.25, 0.3) is 0 Å². The fraction of sp³-hybridized carbons (Fsp3) is 0.385. The van der Waals surface area contributed by atoms with Gasteiger partial charge in [-0.25, -0.2) is 4.79 Å².